The number of aliphatic carboxylic acids is 1. The van der Waals surface area contributed by atoms with Crippen LogP contribution in [0.15, 0.2) is 0 Å². The normalized spacial score (nSPS) is 40.0. The van der Waals surface area contributed by atoms with Crippen molar-refractivity contribution in [3.8, 4) is 0 Å². The Bertz CT molecular complexity index is 254. The molecule has 16 heavy (non-hydrogen) atoms. The molecular formula is C9H16O7. The Morgan fingerprint density at radius 3 is 2.25 bits per heavy atom. The summed E-state index contributed by atoms with van der Waals surface area (Å²) in [7, 11) is 0. The number of carbonyl (C=O) groups is 1. The molecule has 0 radical (unpaired) electrons. The zero-order chi connectivity index (χ0) is 12.5. The third-order valence-corrected chi connectivity index (χ3v) is 2.24. The fourth-order valence-corrected chi connectivity index (χ4v) is 1.52. The van der Waals surface area contributed by atoms with E-state index in [-0.39, 0.29) is 6.10 Å². The van der Waals surface area contributed by atoms with Crippen molar-refractivity contribution in [1.82, 2.24) is 0 Å². The van der Waals surface area contributed by atoms with E-state index in [1.165, 1.54) is 0 Å². The van der Waals surface area contributed by atoms with Gasteiger partial charge in [-0.1, -0.05) is 0 Å². The average Bonchev–Trinajstić information content (AvgIpc) is 2.17. The maximum Gasteiger partial charge on any atom is 0.335 e. The zero-order valence-corrected chi connectivity index (χ0v) is 8.98. The summed E-state index contributed by atoms with van der Waals surface area (Å²) < 4.78 is 9.83. The first-order valence-corrected chi connectivity index (χ1v) is 4.92. The number of aliphatic hydroxyl groups excluding tert-OH is 3. The Morgan fingerprint density at radius 1 is 1.25 bits per heavy atom. The maximum atomic E-state index is 10.8. The van der Waals surface area contributed by atoms with Crippen LogP contribution < -0.4 is 0 Å². The maximum absolute atomic E-state index is 10.8. The number of rotatable bonds is 3. The highest BCUT2D eigenvalue weighted by Crippen LogP contribution is 2.23. The summed E-state index contributed by atoms with van der Waals surface area (Å²) in [5, 5.41) is 36.9. The summed E-state index contributed by atoms with van der Waals surface area (Å²) in [6, 6.07) is 0. The van der Waals surface area contributed by atoms with Crippen LogP contribution >= 0.6 is 0 Å². The molecule has 1 aliphatic rings. The van der Waals surface area contributed by atoms with E-state index in [1.807, 2.05) is 0 Å². The van der Waals surface area contributed by atoms with E-state index in [4.69, 9.17) is 14.9 Å². The van der Waals surface area contributed by atoms with E-state index in [0.717, 1.165) is 0 Å². The highest BCUT2D eigenvalue weighted by Gasteiger charge is 2.48. The van der Waals surface area contributed by atoms with Crippen LogP contribution in [0.4, 0.5) is 0 Å². The Morgan fingerprint density at radius 2 is 1.81 bits per heavy atom. The molecule has 0 aromatic heterocycles. The number of carboxylic acid groups (broad SMARTS) is 1. The van der Waals surface area contributed by atoms with Gasteiger partial charge in [-0.3, -0.25) is 0 Å². The average molecular weight is 236 g/mol. The van der Waals surface area contributed by atoms with Gasteiger partial charge < -0.3 is 29.9 Å². The van der Waals surface area contributed by atoms with Crippen molar-refractivity contribution in [2.45, 2.75) is 50.7 Å². The SMILES string of the molecule is CC(C)O[C@H]1[C@H](O)[C@H](O)[C@H](O)O[C@@H]1C(=O)O. The summed E-state index contributed by atoms with van der Waals surface area (Å²) >= 11 is 0. The highest BCUT2D eigenvalue weighted by atomic mass is 16.7. The van der Waals surface area contributed by atoms with Gasteiger partial charge in [-0.2, -0.15) is 0 Å². The second-order valence-corrected chi connectivity index (χ2v) is 3.92. The number of hydrogen-bond acceptors (Lipinski definition) is 6. The van der Waals surface area contributed by atoms with Crippen molar-refractivity contribution < 1.29 is 34.7 Å². The van der Waals surface area contributed by atoms with Gasteiger partial charge in [0.15, 0.2) is 12.4 Å². The largest absolute Gasteiger partial charge is 0.479 e. The molecule has 1 fully saturated rings. The van der Waals surface area contributed by atoms with Crippen molar-refractivity contribution in [2.75, 3.05) is 0 Å². The first-order valence-electron chi connectivity index (χ1n) is 4.92. The fraction of sp³-hybridized carbons (Fsp3) is 0.889. The molecule has 7 nitrogen and oxygen atoms in total. The Balaban J connectivity index is 2.84. The molecule has 1 rings (SSSR count). The lowest BCUT2D eigenvalue weighted by molar-refractivity contribution is -0.291. The molecule has 0 aromatic carbocycles. The van der Waals surface area contributed by atoms with E-state index >= 15 is 0 Å². The molecule has 1 aliphatic heterocycles. The van der Waals surface area contributed by atoms with Crippen LogP contribution in [0.25, 0.3) is 0 Å². The molecule has 5 atom stereocenters. The lowest BCUT2D eigenvalue weighted by Gasteiger charge is -2.39. The lowest BCUT2D eigenvalue weighted by Crippen LogP contribution is -2.61. The Labute approximate surface area is 92.2 Å². The monoisotopic (exact) mass is 236 g/mol. The molecule has 0 unspecified atom stereocenters. The number of carboxylic acids is 1. The van der Waals surface area contributed by atoms with Gasteiger partial charge in [0.25, 0.3) is 0 Å². The van der Waals surface area contributed by atoms with E-state index in [0.29, 0.717) is 0 Å². The topological polar surface area (TPSA) is 116 Å². The van der Waals surface area contributed by atoms with Crippen molar-refractivity contribution >= 4 is 5.97 Å². The zero-order valence-electron chi connectivity index (χ0n) is 8.98. The number of hydrogen-bond donors (Lipinski definition) is 4. The molecule has 0 aromatic rings. The number of ether oxygens (including phenoxy) is 2. The van der Waals surface area contributed by atoms with Crippen LogP contribution in [0, 0.1) is 0 Å². The highest BCUT2D eigenvalue weighted by molar-refractivity contribution is 5.73. The quantitative estimate of drug-likeness (QED) is 0.461. The minimum Gasteiger partial charge on any atom is -0.479 e. The van der Waals surface area contributed by atoms with Crippen molar-refractivity contribution in [2.24, 2.45) is 0 Å². The van der Waals surface area contributed by atoms with Crippen LogP contribution in [0.5, 0.6) is 0 Å². The summed E-state index contributed by atoms with van der Waals surface area (Å²) in [6.07, 6.45) is -7.88. The number of aliphatic hydroxyl groups is 3. The van der Waals surface area contributed by atoms with Crippen LogP contribution in [0.1, 0.15) is 13.8 Å². The standard InChI is InChI=1S/C9H16O7/c1-3(2)15-6-4(10)5(11)9(14)16-7(6)8(12)13/h3-7,9-11,14H,1-2H3,(H,12,13)/t4-,5+,6+,7+,9-/m1/s1. The Hall–Kier alpha value is -0.730. The summed E-state index contributed by atoms with van der Waals surface area (Å²) in [5.41, 5.74) is 0. The summed E-state index contributed by atoms with van der Waals surface area (Å²) in [4.78, 5) is 10.8. The van der Waals surface area contributed by atoms with Gasteiger partial charge in [0.05, 0.1) is 6.10 Å². The van der Waals surface area contributed by atoms with E-state index in [1.54, 1.807) is 13.8 Å². The third kappa shape index (κ3) is 2.69. The van der Waals surface area contributed by atoms with Crippen LogP contribution in [-0.4, -0.2) is 63.2 Å². The van der Waals surface area contributed by atoms with Crippen LogP contribution in [0.2, 0.25) is 0 Å². The van der Waals surface area contributed by atoms with Gasteiger partial charge in [0.2, 0.25) is 0 Å². The second-order valence-electron chi connectivity index (χ2n) is 3.92. The first kappa shape index (κ1) is 13.3. The summed E-state index contributed by atoms with van der Waals surface area (Å²) in [6.45, 7) is 3.31. The summed E-state index contributed by atoms with van der Waals surface area (Å²) in [5.74, 6) is -1.37. The van der Waals surface area contributed by atoms with Gasteiger partial charge in [-0.25, -0.2) is 4.79 Å². The smallest absolute Gasteiger partial charge is 0.335 e. The minimum absolute atomic E-state index is 0.340. The van der Waals surface area contributed by atoms with Gasteiger partial charge >= 0.3 is 5.97 Å². The van der Waals surface area contributed by atoms with E-state index < -0.39 is 36.7 Å². The van der Waals surface area contributed by atoms with E-state index in [2.05, 4.69) is 4.74 Å². The molecule has 0 amide bonds. The molecule has 0 saturated carbocycles. The fourth-order valence-electron chi connectivity index (χ4n) is 1.52. The second kappa shape index (κ2) is 5.07. The first-order chi connectivity index (χ1) is 7.34. The molecule has 7 heteroatoms. The van der Waals surface area contributed by atoms with Crippen molar-refractivity contribution in [1.29, 1.82) is 0 Å². The molecule has 94 valence electrons. The van der Waals surface area contributed by atoms with Crippen molar-refractivity contribution in [3.63, 3.8) is 0 Å². The van der Waals surface area contributed by atoms with Crippen LogP contribution in [0.3, 0.4) is 0 Å². The minimum atomic E-state index is -1.73. The van der Waals surface area contributed by atoms with Gasteiger partial charge in [0, 0.05) is 0 Å². The molecule has 0 spiro atoms. The van der Waals surface area contributed by atoms with Gasteiger partial charge in [0.1, 0.15) is 18.3 Å². The Kier molecular flexibility index (Phi) is 4.22. The molecule has 0 bridgehead atoms. The third-order valence-electron chi connectivity index (χ3n) is 2.24. The predicted molar refractivity (Wildman–Crippen MR) is 50.5 cm³/mol. The predicted octanol–water partition coefficient (Wildman–Crippen LogP) is -1.70. The van der Waals surface area contributed by atoms with Gasteiger partial charge in [-0.05, 0) is 13.8 Å². The lowest BCUT2D eigenvalue weighted by atomic mass is 9.98. The molecule has 0 aliphatic carbocycles. The molecule has 1 heterocycles. The molecule has 1 saturated heterocycles. The van der Waals surface area contributed by atoms with Gasteiger partial charge in [-0.15, -0.1) is 0 Å². The van der Waals surface area contributed by atoms with E-state index in [9.17, 15) is 15.0 Å². The molecule has 4 N–H and O–H groups in total. The van der Waals surface area contributed by atoms with Crippen molar-refractivity contribution in [3.05, 3.63) is 0 Å². The van der Waals surface area contributed by atoms with Crippen LogP contribution in [-0.2, 0) is 14.3 Å². The molecular weight excluding hydrogens is 220 g/mol.